The minimum Gasteiger partial charge on any atom is -0.478 e. The van der Waals surface area contributed by atoms with Crippen molar-refractivity contribution in [3.8, 4) is 0 Å². The zero-order chi connectivity index (χ0) is 15.5. The quantitative estimate of drug-likeness (QED) is 0.777. The van der Waals surface area contributed by atoms with Crippen LogP contribution in [0, 0.1) is 12.3 Å². The van der Waals surface area contributed by atoms with Gasteiger partial charge in [-0.05, 0) is 49.3 Å². The molecule has 0 unspecified atom stereocenters. The Labute approximate surface area is 124 Å². The van der Waals surface area contributed by atoms with E-state index in [4.69, 9.17) is 5.11 Å². The molecule has 0 atom stereocenters. The van der Waals surface area contributed by atoms with E-state index in [0.29, 0.717) is 17.8 Å². The van der Waals surface area contributed by atoms with Gasteiger partial charge < -0.3 is 15.7 Å². The lowest BCUT2D eigenvalue weighted by molar-refractivity contribution is 0.0696. The second-order valence-electron chi connectivity index (χ2n) is 5.85. The summed E-state index contributed by atoms with van der Waals surface area (Å²) in [6, 6.07) is 4.60. The van der Waals surface area contributed by atoms with Crippen LogP contribution in [0.3, 0.4) is 0 Å². The van der Waals surface area contributed by atoms with Crippen molar-refractivity contribution in [2.75, 3.05) is 11.9 Å². The Morgan fingerprint density at radius 1 is 1.33 bits per heavy atom. The predicted molar refractivity (Wildman–Crippen MR) is 81.7 cm³/mol. The van der Waals surface area contributed by atoms with Crippen LogP contribution in [0.2, 0.25) is 0 Å². The van der Waals surface area contributed by atoms with Crippen LogP contribution in [0.4, 0.5) is 10.5 Å². The van der Waals surface area contributed by atoms with Crippen LogP contribution in [0.1, 0.15) is 48.5 Å². The zero-order valence-electron chi connectivity index (χ0n) is 12.5. The Balaban J connectivity index is 1.93. The third-order valence-electron chi connectivity index (χ3n) is 4.51. The van der Waals surface area contributed by atoms with E-state index in [1.165, 1.54) is 12.5 Å². The van der Waals surface area contributed by atoms with Crippen molar-refractivity contribution < 1.29 is 14.7 Å². The second-order valence-corrected chi connectivity index (χ2v) is 5.85. The molecule has 3 N–H and O–H groups in total. The summed E-state index contributed by atoms with van der Waals surface area (Å²) >= 11 is 0. The number of hydrogen-bond donors (Lipinski definition) is 3. The number of carbonyl (C=O) groups is 2. The van der Waals surface area contributed by atoms with Gasteiger partial charge in [0, 0.05) is 12.2 Å². The van der Waals surface area contributed by atoms with Crippen molar-refractivity contribution in [1.82, 2.24) is 5.32 Å². The summed E-state index contributed by atoms with van der Waals surface area (Å²) in [5, 5.41) is 14.7. The van der Waals surface area contributed by atoms with Crippen molar-refractivity contribution in [3.05, 3.63) is 29.3 Å². The minimum atomic E-state index is -0.990. The molecular formula is C16H22N2O3. The molecule has 0 radical (unpaired) electrons. The lowest BCUT2D eigenvalue weighted by Gasteiger charge is -2.41. The topological polar surface area (TPSA) is 78.4 Å². The molecule has 5 heteroatoms. The number of urea groups is 1. The smallest absolute Gasteiger partial charge is 0.336 e. The normalized spacial score (nSPS) is 15.9. The molecule has 114 valence electrons. The van der Waals surface area contributed by atoms with Gasteiger partial charge in [-0.3, -0.25) is 0 Å². The number of hydrogen-bond acceptors (Lipinski definition) is 2. The molecule has 0 heterocycles. The first-order chi connectivity index (χ1) is 9.96. The molecule has 0 aliphatic heterocycles. The number of carboxylic acid groups (broad SMARTS) is 1. The summed E-state index contributed by atoms with van der Waals surface area (Å²) in [5.41, 5.74) is 1.64. The van der Waals surface area contributed by atoms with E-state index < -0.39 is 5.97 Å². The lowest BCUT2D eigenvalue weighted by atomic mass is 9.67. The highest BCUT2D eigenvalue weighted by atomic mass is 16.4. The van der Waals surface area contributed by atoms with Crippen LogP contribution < -0.4 is 10.6 Å². The molecule has 2 rings (SSSR count). The standard InChI is InChI=1S/C16H22N2O3/c1-3-16(7-4-8-16)10-17-15(21)18-12-6-5-11(2)13(9-12)14(19)20/h5-6,9H,3-4,7-8,10H2,1-2H3,(H,19,20)(H2,17,18,21). The molecule has 0 bridgehead atoms. The van der Waals surface area contributed by atoms with E-state index in [1.807, 2.05) is 0 Å². The fourth-order valence-electron chi connectivity index (χ4n) is 2.71. The van der Waals surface area contributed by atoms with Crippen LogP contribution in [-0.4, -0.2) is 23.7 Å². The van der Waals surface area contributed by atoms with E-state index in [-0.39, 0.29) is 17.0 Å². The van der Waals surface area contributed by atoms with Crippen molar-refractivity contribution in [2.24, 2.45) is 5.41 Å². The number of aryl methyl sites for hydroxylation is 1. The number of carbonyl (C=O) groups excluding carboxylic acids is 1. The number of nitrogens with one attached hydrogen (secondary N) is 2. The zero-order valence-corrected chi connectivity index (χ0v) is 12.5. The molecule has 5 nitrogen and oxygen atoms in total. The molecule has 1 saturated carbocycles. The third kappa shape index (κ3) is 3.54. The highest BCUT2D eigenvalue weighted by Gasteiger charge is 2.35. The van der Waals surface area contributed by atoms with Gasteiger partial charge in [0.05, 0.1) is 5.56 Å². The van der Waals surface area contributed by atoms with Gasteiger partial charge in [-0.1, -0.05) is 19.4 Å². The summed E-state index contributed by atoms with van der Waals surface area (Å²) in [7, 11) is 0. The first kappa shape index (κ1) is 15.4. The predicted octanol–water partition coefficient (Wildman–Crippen LogP) is 3.40. The van der Waals surface area contributed by atoms with Crippen molar-refractivity contribution >= 4 is 17.7 Å². The summed E-state index contributed by atoms with van der Waals surface area (Å²) in [4.78, 5) is 23.0. The molecule has 1 aliphatic carbocycles. The van der Waals surface area contributed by atoms with E-state index in [9.17, 15) is 9.59 Å². The number of aromatic carboxylic acids is 1. The minimum absolute atomic E-state index is 0.205. The SMILES string of the molecule is CCC1(CNC(=O)Nc2ccc(C)c(C(=O)O)c2)CCC1. The van der Waals surface area contributed by atoms with Gasteiger partial charge in [-0.25, -0.2) is 9.59 Å². The molecule has 0 saturated heterocycles. The molecule has 1 aliphatic rings. The Morgan fingerprint density at radius 3 is 2.57 bits per heavy atom. The maximum Gasteiger partial charge on any atom is 0.336 e. The summed E-state index contributed by atoms with van der Waals surface area (Å²) < 4.78 is 0. The molecule has 21 heavy (non-hydrogen) atoms. The molecule has 1 aromatic rings. The third-order valence-corrected chi connectivity index (χ3v) is 4.51. The maximum absolute atomic E-state index is 11.9. The molecule has 0 spiro atoms. The molecule has 0 aromatic heterocycles. The summed E-state index contributed by atoms with van der Waals surface area (Å²) in [6.07, 6.45) is 4.63. The van der Waals surface area contributed by atoms with Gasteiger partial charge in [0.2, 0.25) is 0 Å². The molecule has 1 fully saturated rings. The fourth-order valence-corrected chi connectivity index (χ4v) is 2.71. The molecule has 2 amide bonds. The van der Waals surface area contributed by atoms with Crippen LogP contribution in [0.5, 0.6) is 0 Å². The highest BCUT2D eigenvalue weighted by molar-refractivity contribution is 5.94. The van der Waals surface area contributed by atoms with Gasteiger partial charge in [0.1, 0.15) is 0 Å². The van der Waals surface area contributed by atoms with Crippen LogP contribution >= 0.6 is 0 Å². The highest BCUT2D eigenvalue weighted by Crippen LogP contribution is 2.43. The van der Waals surface area contributed by atoms with Gasteiger partial charge in [-0.2, -0.15) is 0 Å². The monoisotopic (exact) mass is 290 g/mol. The Morgan fingerprint density at radius 2 is 2.05 bits per heavy atom. The van der Waals surface area contributed by atoms with Gasteiger partial charge in [0.25, 0.3) is 0 Å². The van der Waals surface area contributed by atoms with Gasteiger partial charge in [0.15, 0.2) is 0 Å². The summed E-state index contributed by atoms with van der Waals surface area (Å²) in [5.74, 6) is -0.990. The maximum atomic E-state index is 11.9. The first-order valence-electron chi connectivity index (χ1n) is 7.34. The Kier molecular flexibility index (Phi) is 4.50. The largest absolute Gasteiger partial charge is 0.478 e. The van der Waals surface area contributed by atoms with E-state index in [2.05, 4.69) is 17.6 Å². The average Bonchev–Trinajstić information content (AvgIpc) is 2.40. The van der Waals surface area contributed by atoms with Crippen LogP contribution in [-0.2, 0) is 0 Å². The number of carboxylic acids is 1. The Hall–Kier alpha value is -2.04. The van der Waals surface area contributed by atoms with Crippen molar-refractivity contribution in [3.63, 3.8) is 0 Å². The molecular weight excluding hydrogens is 268 g/mol. The van der Waals surface area contributed by atoms with E-state index in [1.54, 1.807) is 19.1 Å². The molecule has 1 aromatic carbocycles. The van der Waals surface area contributed by atoms with Gasteiger partial charge >= 0.3 is 12.0 Å². The first-order valence-corrected chi connectivity index (χ1v) is 7.34. The van der Waals surface area contributed by atoms with Crippen LogP contribution in [0.25, 0.3) is 0 Å². The van der Waals surface area contributed by atoms with Crippen molar-refractivity contribution in [2.45, 2.75) is 39.5 Å². The lowest BCUT2D eigenvalue weighted by Crippen LogP contribution is -2.43. The fraction of sp³-hybridized carbons (Fsp3) is 0.500. The van der Waals surface area contributed by atoms with Gasteiger partial charge in [-0.15, -0.1) is 0 Å². The number of rotatable bonds is 5. The summed E-state index contributed by atoms with van der Waals surface area (Å²) in [6.45, 7) is 4.56. The second kappa shape index (κ2) is 6.16. The average molecular weight is 290 g/mol. The van der Waals surface area contributed by atoms with Crippen LogP contribution in [0.15, 0.2) is 18.2 Å². The number of benzene rings is 1. The Bertz CT molecular complexity index is 545. The van der Waals surface area contributed by atoms with E-state index in [0.717, 1.165) is 19.3 Å². The van der Waals surface area contributed by atoms with E-state index >= 15 is 0 Å². The number of anilines is 1. The van der Waals surface area contributed by atoms with Crippen molar-refractivity contribution in [1.29, 1.82) is 0 Å². The number of amides is 2.